The van der Waals surface area contributed by atoms with Crippen LogP contribution in [0.15, 0.2) is 0 Å². The van der Waals surface area contributed by atoms with E-state index in [1.165, 1.54) is 51.4 Å². The highest BCUT2D eigenvalue weighted by molar-refractivity contribution is 7.17. The summed E-state index contributed by atoms with van der Waals surface area (Å²) in [7, 11) is 0. The van der Waals surface area contributed by atoms with E-state index in [4.69, 9.17) is 4.98 Å². The fourth-order valence-electron chi connectivity index (χ4n) is 4.05. The van der Waals surface area contributed by atoms with Crippen molar-refractivity contribution in [3.8, 4) is 0 Å². The van der Waals surface area contributed by atoms with Crippen molar-refractivity contribution in [2.45, 2.75) is 63.3 Å². The van der Waals surface area contributed by atoms with E-state index in [2.05, 4.69) is 4.90 Å². The summed E-state index contributed by atoms with van der Waals surface area (Å²) in [5.74, 6) is 1.44. The Morgan fingerprint density at radius 1 is 1.10 bits per heavy atom. The summed E-state index contributed by atoms with van der Waals surface area (Å²) < 4.78 is 0. The number of carbonyl (C=O) groups excluding carboxylic acids is 1. The SMILES string of the molecule is O=Cc1sc(N2CCC[C@H]3CCCC[C@H]32)nc1C1CC1. The van der Waals surface area contributed by atoms with Gasteiger partial charge in [-0.15, -0.1) is 0 Å². The molecular weight excluding hydrogens is 268 g/mol. The summed E-state index contributed by atoms with van der Waals surface area (Å²) in [5, 5.41) is 1.13. The third-order valence-corrected chi connectivity index (χ3v) is 6.26. The number of piperidine rings is 1. The normalized spacial score (nSPS) is 30.1. The molecule has 0 aromatic carbocycles. The van der Waals surface area contributed by atoms with Crippen LogP contribution in [0.3, 0.4) is 0 Å². The number of nitrogens with zero attached hydrogens (tertiary/aromatic N) is 2. The number of thiazole rings is 1. The maximum Gasteiger partial charge on any atom is 0.186 e. The maximum absolute atomic E-state index is 11.3. The first-order valence-electron chi connectivity index (χ1n) is 8.09. The van der Waals surface area contributed by atoms with E-state index in [1.54, 1.807) is 11.3 Å². The van der Waals surface area contributed by atoms with Crippen LogP contribution >= 0.6 is 11.3 Å². The quantitative estimate of drug-likeness (QED) is 0.789. The van der Waals surface area contributed by atoms with Gasteiger partial charge in [0, 0.05) is 18.5 Å². The largest absolute Gasteiger partial charge is 0.345 e. The number of aromatic nitrogens is 1. The molecule has 2 saturated carbocycles. The first-order chi connectivity index (χ1) is 9.86. The zero-order valence-electron chi connectivity index (χ0n) is 11.9. The summed E-state index contributed by atoms with van der Waals surface area (Å²) in [4.78, 5) is 19.6. The monoisotopic (exact) mass is 290 g/mol. The van der Waals surface area contributed by atoms with Gasteiger partial charge in [0.2, 0.25) is 0 Å². The highest BCUT2D eigenvalue weighted by Gasteiger charge is 2.36. The van der Waals surface area contributed by atoms with Crippen molar-refractivity contribution in [2.24, 2.45) is 5.92 Å². The minimum absolute atomic E-state index is 0.576. The molecule has 0 unspecified atom stereocenters. The van der Waals surface area contributed by atoms with Crippen LogP contribution in [-0.4, -0.2) is 23.9 Å². The zero-order chi connectivity index (χ0) is 13.5. The highest BCUT2D eigenvalue weighted by Crippen LogP contribution is 2.45. The molecule has 4 rings (SSSR count). The van der Waals surface area contributed by atoms with Crippen molar-refractivity contribution in [3.63, 3.8) is 0 Å². The van der Waals surface area contributed by atoms with Crippen molar-refractivity contribution in [3.05, 3.63) is 10.6 Å². The number of anilines is 1. The van der Waals surface area contributed by atoms with Gasteiger partial charge in [-0.3, -0.25) is 4.79 Å². The van der Waals surface area contributed by atoms with Crippen molar-refractivity contribution in [1.29, 1.82) is 0 Å². The number of hydrogen-bond donors (Lipinski definition) is 0. The minimum Gasteiger partial charge on any atom is -0.345 e. The molecule has 3 fully saturated rings. The van der Waals surface area contributed by atoms with Gasteiger partial charge in [-0.05, 0) is 44.4 Å². The number of fused-ring (bicyclic) bond motifs is 1. The van der Waals surface area contributed by atoms with Crippen LogP contribution in [0, 0.1) is 5.92 Å². The van der Waals surface area contributed by atoms with Gasteiger partial charge in [-0.2, -0.15) is 0 Å². The van der Waals surface area contributed by atoms with Crippen LogP contribution in [0.25, 0.3) is 0 Å². The van der Waals surface area contributed by atoms with Gasteiger partial charge >= 0.3 is 0 Å². The van der Waals surface area contributed by atoms with E-state index in [0.29, 0.717) is 12.0 Å². The molecule has 0 radical (unpaired) electrons. The van der Waals surface area contributed by atoms with Gasteiger partial charge in [0.25, 0.3) is 0 Å². The molecule has 4 heteroatoms. The van der Waals surface area contributed by atoms with Crippen LogP contribution in [0.5, 0.6) is 0 Å². The topological polar surface area (TPSA) is 33.2 Å². The van der Waals surface area contributed by atoms with Crippen molar-refractivity contribution in [1.82, 2.24) is 4.98 Å². The van der Waals surface area contributed by atoms with Gasteiger partial charge in [-0.1, -0.05) is 24.2 Å². The van der Waals surface area contributed by atoms with Crippen LogP contribution in [-0.2, 0) is 0 Å². The maximum atomic E-state index is 11.3. The lowest BCUT2D eigenvalue weighted by Crippen LogP contribution is -2.46. The Hall–Kier alpha value is -0.900. The Balaban J connectivity index is 1.63. The Morgan fingerprint density at radius 3 is 2.70 bits per heavy atom. The van der Waals surface area contributed by atoms with Gasteiger partial charge in [0.1, 0.15) is 0 Å². The molecule has 3 aliphatic rings. The molecule has 1 aliphatic heterocycles. The average molecular weight is 290 g/mol. The standard InChI is InChI=1S/C16H22N2OS/c19-10-14-15(12-7-8-12)17-16(20-14)18-9-3-5-11-4-1-2-6-13(11)18/h10-13H,1-9H2/t11-,13-/m1/s1. The highest BCUT2D eigenvalue weighted by atomic mass is 32.1. The summed E-state index contributed by atoms with van der Waals surface area (Å²) >= 11 is 1.64. The number of carbonyl (C=O) groups is 1. The molecule has 0 N–H and O–H groups in total. The average Bonchev–Trinajstić information content (AvgIpc) is 3.26. The van der Waals surface area contributed by atoms with Gasteiger partial charge in [0.05, 0.1) is 10.6 Å². The zero-order valence-corrected chi connectivity index (χ0v) is 12.7. The van der Waals surface area contributed by atoms with E-state index in [1.807, 2.05) is 0 Å². The van der Waals surface area contributed by atoms with E-state index in [-0.39, 0.29) is 0 Å². The molecule has 3 nitrogen and oxygen atoms in total. The second-order valence-corrected chi connectivity index (χ2v) is 7.59. The second kappa shape index (κ2) is 5.14. The molecule has 20 heavy (non-hydrogen) atoms. The van der Waals surface area contributed by atoms with Crippen LogP contribution in [0.4, 0.5) is 5.13 Å². The molecule has 2 atom stereocenters. The number of rotatable bonds is 3. The summed E-state index contributed by atoms with van der Waals surface area (Å²) in [6.45, 7) is 1.14. The van der Waals surface area contributed by atoms with E-state index in [9.17, 15) is 4.79 Å². The first kappa shape index (κ1) is 12.8. The first-order valence-corrected chi connectivity index (χ1v) is 8.91. The molecular formula is C16H22N2OS. The van der Waals surface area contributed by atoms with E-state index >= 15 is 0 Å². The molecule has 0 amide bonds. The van der Waals surface area contributed by atoms with Crippen LogP contribution < -0.4 is 4.90 Å². The Morgan fingerprint density at radius 2 is 1.90 bits per heavy atom. The van der Waals surface area contributed by atoms with Crippen LogP contribution in [0.2, 0.25) is 0 Å². The van der Waals surface area contributed by atoms with Gasteiger partial charge < -0.3 is 4.90 Å². The van der Waals surface area contributed by atoms with E-state index < -0.39 is 0 Å². The molecule has 0 spiro atoms. The Bertz CT molecular complexity index is 507. The molecule has 2 heterocycles. The molecule has 1 saturated heterocycles. The summed E-state index contributed by atoms with van der Waals surface area (Å²) in [6.07, 6.45) is 11.6. The lowest BCUT2D eigenvalue weighted by atomic mass is 9.78. The lowest BCUT2D eigenvalue weighted by molar-refractivity contribution is 0.112. The van der Waals surface area contributed by atoms with Crippen LogP contribution in [0.1, 0.15) is 72.7 Å². The van der Waals surface area contributed by atoms with Gasteiger partial charge in [0.15, 0.2) is 11.4 Å². The molecule has 1 aromatic rings. The third kappa shape index (κ3) is 2.18. The Kier molecular flexibility index (Phi) is 3.29. The summed E-state index contributed by atoms with van der Waals surface area (Å²) in [6, 6.07) is 0.690. The lowest BCUT2D eigenvalue weighted by Gasteiger charge is -2.44. The fraction of sp³-hybridized carbons (Fsp3) is 0.750. The molecule has 0 bridgehead atoms. The third-order valence-electron chi connectivity index (χ3n) is 5.23. The summed E-state index contributed by atoms with van der Waals surface area (Å²) in [5.41, 5.74) is 1.10. The van der Waals surface area contributed by atoms with Crippen molar-refractivity contribution in [2.75, 3.05) is 11.4 Å². The van der Waals surface area contributed by atoms with Gasteiger partial charge in [-0.25, -0.2) is 4.98 Å². The van der Waals surface area contributed by atoms with E-state index in [0.717, 1.165) is 34.5 Å². The molecule has 108 valence electrons. The minimum atomic E-state index is 0.576. The molecule has 2 aliphatic carbocycles. The molecule has 1 aromatic heterocycles. The number of hydrogen-bond acceptors (Lipinski definition) is 4. The Labute approximate surface area is 124 Å². The predicted molar refractivity (Wildman–Crippen MR) is 81.8 cm³/mol. The second-order valence-electron chi connectivity index (χ2n) is 6.59. The smallest absolute Gasteiger partial charge is 0.186 e. The fourth-order valence-corrected chi connectivity index (χ4v) is 5.10. The van der Waals surface area contributed by atoms with Crippen molar-refractivity contribution < 1.29 is 4.79 Å². The van der Waals surface area contributed by atoms with Crippen molar-refractivity contribution >= 4 is 22.8 Å². The predicted octanol–water partition coefficient (Wildman–Crippen LogP) is 3.99. The number of aldehydes is 1.